The van der Waals surface area contributed by atoms with Crippen LogP contribution in [0.4, 0.5) is 0 Å². The first-order valence-corrected chi connectivity index (χ1v) is 8.84. The molecule has 0 bridgehead atoms. The smallest absolute Gasteiger partial charge is 0.355 e. The lowest BCUT2D eigenvalue weighted by molar-refractivity contribution is -0.185. The number of amides is 2. The summed E-state index contributed by atoms with van der Waals surface area (Å²) in [7, 11) is 0. The first kappa shape index (κ1) is 14.7. The molecule has 2 N–H and O–H groups in total. The van der Waals surface area contributed by atoms with Crippen molar-refractivity contribution in [2.75, 3.05) is 12.4 Å². The fourth-order valence-corrected chi connectivity index (χ4v) is 4.90. The van der Waals surface area contributed by atoms with Crippen molar-refractivity contribution in [2.45, 2.75) is 17.5 Å². The van der Waals surface area contributed by atoms with Crippen LogP contribution in [0.15, 0.2) is 28.8 Å². The van der Waals surface area contributed by atoms with E-state index >= 15 is 0 Å². The van der Waals surface area contributed by atoms with E-state index in [1.54, 1.807) is 0 Å². The van der Waals surface area contributed by atoms with Gasteiger partial charge in [0.25, 0.3) is 11.6 Å². The summed E-state index contributed by atoms with van der Waals surface area (Å²) >= 11 is 2.73. The number of hydrogen-bond acceptors (Lipinski definition) is 7. The van der Waals surface area contributed by atoms with Crippen LogP contribution >= 0.6 is 23.1 Å². The lowest BCUT2D eigenvalue weighted by atomic mass is 9.99. The standard InChI is InChI=1S/C14H12N2O5S2/c17-9(4-8-2-1-3-22-8)15-14(20)12(19)16-10-7(5-21-11(10)18)6-23-13(14)16/h1-3,13,20H,4-6H2,(H,15,17)/t13-,14+/m1/s1. The van der Waals surface area contributed by atoms with E-state index in [4.69, 9.17) is 4.74 Å². The number of thiophene rings is 1. The van der Waals surface area contributed by atoms with Gasteiger partial charge in [0.15, 0.2) is 0 Å². The Bertz CT molecular complexity index is 744. The van der Waals surface area contributed by atoms with Crippen molar-refractivity contribution >= 4 is 40.9 Å². The van der Waals surface area contributed by atoms with Crippen LogP contribution in [0.1, 0.15) is 4.88 Å². The molecule has 4 rings (SSSR count). The molecule has 2 amide bonds. The summed E-state index contributed by atoms with van der Waals surface area (Å²) < 4.78 is 4.93. The second kappa shape index (κ2) is 5.08. The lowest BCUT2D eigenvalue weighted by Gasteiger charge is -2.53. The van der Waals surface area contributed by atoms with Crippen molar-refractivity contribution < 1.29 is 24.2 Å². The highest BCUT2D eigenvalue weighted by molar-refractivity contribution is 8.00. The molecule has 4 heterocycles. The molecule has 1 fully saturated rings. The van der Waals surface area contributed by atoms with Gasteiger partial charge in [-0.05, 0) is 11.4 Å². The van der Waals surface area contributed by atoms with Gasteiger partial charge in [0.1, 0.15) is 17.7 Å². The summed E-state index contributed by atoms with van der Waals surface area (Å²) in [6.07, 6.45) is 0.0978. The molecule has 1 aromatic rings. The number of cyclic esters (lactones) is 1. The van der Waals surface area contributed by atoms with Crippen LogP contribution in [-0.2, 0) is 25.5 Å². The Morgan fingerprint density at radius 3 is 3.09 bits per heavy atom. The molecule has 3 aliphatic rings. The fourth-order valence-electron chi connectivity index (χ4n) is 2.87. The van der Waals surface area contributed by atoms with Crippen LogP contribution < -0.4 is 5.32 Å². The largest absolute Gasteiger partial charge is 0.456 e. The molecule has 1 saturated heterocycles. The number of nitrogens with one attached hydrogen (secondary N) is 1. The highest BCUT2D eigenvalue weighted by Gasteiger charge is 2.65. The number of carbonyl (C=O) groups excluding carboxylic acids is 3. The molecule has 0 saturated carbocycles. The maximum absolute atomic E-state index is 12.4. The quantitative estimate of drug-likeness (QED) is 0.445. The Balaban J connectivity index is 1.51. The van der Waals surface area contributed by atoms with Gasteiger partial charge in [-0.3, -0.25) is 14.5 Å². The van der Waals surface area contributed by atoms with E-state index in [0.717, 1.165) is 10.5 Å². The Kier molecular flexibility index (Phi) is 3.26. The van der Waals surface area contributed by atoms with Gasteiger partial charge in [-0.25, -0.2) is 4.79 Å². The van der Waals surface area contributed by atoms with Crippen LogP contribution in [-0.4, -0.2) is 51.2 Å². The second-order valence-corrected chi connectivity index (χ2v) is 7.54. The Morgan fingerprint density at radius 2 is 2.35 bits per heavy atom. The highest BCUT2D eigenvalue weighted by atomic mass is 32.2. The minimum absolute atomic E-state index is 0.0978. The average molecular weight is 352 g/mol. The summed E-state index contributed by atoms with van der Waals surface area (Å²) in [4.78, 5) is 38.2. The molecule has 23 heavy (non-hydrogen) atoms. The zero-order valence-electron chi connectivity index (χ0n) is 11.8. The van der Waals surface area contributed by atoms with Gasteiger partial charge >= 0.3 is 5.97 Å². The molecular formula is C14H12N2O5S2. The predicted molar refractivity (Wildman–Crippen MR) is 82.2 cm³/mol. The summed E-state index contributed by atoms with van der Waals surface area (Å²) in [5, 5.41) is 14.1. The van der Waals surface area contributed by atoms with Crippen LogP contribution in [0.3, 0.4) is 0 Å². The van der Waals surface area contributed by atoms with E-state index in [1.165, 1.54) is 28.0 Å². The number of hydrogen-bond donors (Lipinski definition) is 2. The normalized spacial score (nSPS) is 28.9. The van der Waals surface area contributed by atoms with Gasteiger partial charge in [0, 0.05) is 16.2 Å². The summed E-state index contributed by atoms with van der Waals surface area (Å²) in [6, 6.07) is 3.64. The summed E-state index contributed by atoms with van der Waals surface area (Å²) in [5.41, 5.74) is -1.01. The molecule has 7 nitrogen and oxygen atoms in total. The topological polar surface area (TPSA) is 95.9 Å². The summed E-state index contributed by atoms with van der Waals surface area (Å²) in [6.45, 7) is 0.181. The zero-order chi connectivity index (χ0) is 16.2. The monoisotopic (exact) mass is 352 g/mol. The first-order valence-electron chi connectivity index (χ1n) is 6.91. The van der Waals surface area contributed by atoms with Gasteiger partial charge in [0.05, 0.1) is 6.42 Å². The minimum atomic E-state index is -1.97. The molecule has 120 valence electrons. The molecule has 0 aliphatic carbocycles. The van der Waals surface area contributed by atoms with E-state index < -0.39 is 28.9 Å². The zero-order valence-corrected chi connectivity index (χ0v) is 13.4. The Morgan fingerprint density at radius 1 is 1.52 bits per heavy atom. The van der Waals surface area contributed by atoms with E-state index in [2.05, 4.69) is 5.32 Å². The van der Waals surface area contributed by atoms with Gasteiger partial charge < -0.3 is 15.2 Å². The van der Waals surface area contributed by atoms with E-state index in [0.29, 0.717) is 5.75 Å². The van der Waals surface area contributed by atoms with Crippen LogP contribution in [0.25, 0.3) is 0 Å². The van der Waals surface area contributed by atoms with Crippen molar-refractivity contribution in [3.8, 4) is 0 Å². The number of carbonyl (C=O) groups is 3. The van der Waals surface area contributed by atoms with Crippen molar-refractivity contribution in [3.05, 3.63) is 33.7 Å². The van der Waals surface area contributed by atoms with Crippen molar-refractivity contribution in [3.63, 3.8) is 0 Å². The Labute approximate surface area is 139 Å². The number of esters is 1. The SMILES string of the molecule is O=C(Cc1cccs1)N[C@]1(O)C(=O)N2C3=C(COC3=O)CS[C@@H]21. The van der Waals surface area contributed by atoms with Crippen LogP contribution in [0.5, 0.6) is 0 Å². The second-order valence-electron chi connectivity index (χ2n) is 5.44. The molecule has 0 aromatic carbocycles. The number of aliphatic hydroxyl groups is 1. The number of fused-ring (bicyclic) bond motifs is 2. The maximum atomic E-state index is 12.4. The minimum Gasteiger partial charge on any atom is -0.456 e. The molecule has 2 atom stereocenters. The predicted octanol–water partition coefficient (Wildman–Crippen LogP) is -0.179. The van der Waals surface area contributed by atoms with E-state index in [1.807, 2.05) is 17.5 Å². The van der Waals surface area contributed by atoms with Crippen molar-refractivity contribution in [2.24, 2.45) is 0 Å². The molecule has 0 radical (unpaired) electrons. The number of ether oxygens (including phenoxy) is 1. The van der Waals surface area contributed by atoms with Crippen molar-refractivity contribution in [1.82, 2.24) is 10.2 Å². The number of rotatable bonds is 3. The van der Waals surface area contributed by atoms with E-state index in [9.17, 15) is 19.5 Å². The molecule has 1 aromatic heterocycles. The molecule has 3 aliphatic heterocycles. The van der Waals surface area contributed by atoms with E-state index in [-0.39, 0.29) is 18.7 Å². The molecule has 9 heteroatoms. The third kappa shape index (κ3) is 2.11. The maximum Gasteiger partial charge on any atom is 0.355 e. The highest BCUT2D eigenvalue weighted by Crippen LogP contribution is 2.46. The van der Waals surface area contributed by atoms with Crippen LogP contribution in [0, 0.1) is 0 Å². The number of thioether (sulfide) groups is 1. The van der Waals surface area contributed by atoms with Gasteiger partial charge in [-0.15, -0.1) is 23.1 Å². The first-order chi connectivity index (χ1) is 11.0. The molecular weight excluding hydrogens is 340 g/mol. The van der Waals surface area contributed by atoms with Gasteiger partial charge in [-0.1, -0.05) is 6.07 Å². The van der Waals surface area contributed by atoms with Crippen molar-refractivity contribution in [1.29, 1.82) is 0 Å². The number of nitrogens with zero attached hydrogens (tertiary/aromatic N) is 1. The molecule has 0 unspecified atom stereocenters. The van der Waals surface area contributed by atoms with Gasteiger partial charge in [0.2, 0.25) is 5.91 Å². The third-order valence-electron chi connectivity index (χ3n) is 3.94. The Hall–Kier alpha value is -1.84. The van der Waals surface area contributed by atoms with Gasteiger partial charge in [-0.2, -0.15) is 0 Å². The van der Waals surface area contributed by atoms with Crippen LogP contribution in [0.2, 0.25) is 0 Å². The number of β-lactam (4-membered cyclic amide) rings is 1. The third-order valence-corrected chi connectivity index (χ3v) is 6.20. The molecule has 0 spiro atoms. The lowest BCUT2D eigenvalue weighted by Crippen LogP contribution is -2.79. The summed E-state index contributed by atoms with van der Waals surface area (Å²) in [5.74, 6) is -1.19. The fraction of sp³-hybridized carbons (Fsp3) is 0.357. The average Bonchev–Trinajstić information content (AvgIpc) is 3.16.